The fourth-order valence-corrected chi connectivity index (χ4v) is 2.57. The lowest BCUT2D eigenvalue weighted by Gasteiger charge is -2.31. The summed E-state index contributed by atoms with van der Waals surface area (Å²) in [6.07, 6.45) is 2.82. The second-order valence-corrected chi connectivity index (χ2v) is 5.66. The summed E-state index contributed by atoms with van der Waals surface area (Å²) in [6.45, 7) is 6.68. The number of aliphatic hydroxyl groups is 1. The van der Waals surface area contributed by atoms with E-state index in [4.69, 9.17) is 5.11 Å². The Labute approximate surface area is 115 Å². The van der Waals surface area contributed by atoms with Crippen LogP contribution in [0.2, 0.25) is 0 Å². The van der Waals surface area contributed by atoms with E-state index in [-0.39, 0.29) is 36.4 Å². The van der Waals surface area contributed by atoms with Gasteiger partial charge in [0.05, 0.1) is 0 Å². The molecule has 110 valence electrons. The van der Waals surface area contributed by atoms with Crippen molar-refractivity contribution < 1.29 is 14.7 Å². The highest BCUT2D eigenvalue weighted by Gasteiger charge is 2.35. The molecule has 1 heterocycles. The third kappa shape index (κ3) is 4.49. The molecule has 0 aliphatic carbocycles. The Hall–Kier alpha value is -1.10. The van der Waals surface area contributed by atoms with Gasteiger partial charge < -0.3 is 15.3 Å². The number of hydrogen-bond acceptors (Lipinski definition) is 3. The molecule has 0 aromatic carbocycles. The van der Waals surface area contributed by atoms with Gasteiger partial charge in [-0.15, -0.1) is 0 Å². The summed E-state index contributed by atoms with van der Waals surface area (Å²) in [5, 5.41) is 11.7. The van der Waals surface area contributed by atoms with Crippen LogP contribution in [0.15, 0.2) is 0 Å². The smallest absolute Gasteiger partial charge is 0.243 e. The number of nitrogens with one attached hydrogen (secondary N) is 1. The quantitative estimate of drug-likeness (QED) is 0.722. The van der Waals surface area contributed by atoms with Gasteiger partial charge in [0.1, 0.15) is 6.04 Å². The maximum Gasteiger partial charge on any atom is 0.243 e. The zero-order valence-corrected chi connectivity index (χ0v) is 12.2. The summed E-state index contributed by atoms with van der Waals surface area (Å²) in [5.74, 6) is 0.111. The average Bonchev–Trinajstić information content (AvgIpc) is 2.73. The Kier molecular flexibility index (Phi) is 6.28. The molecule has 1 fully saturated rings. The molecule has 0 aromatic heterocycles. The Morgan fingerprint density at radius 3 is 2.58 bits per heavy atom. The van der Waals surface area contributed by atoms with Crippen LogP contribution in [0.1, 0.15) is 46.5 Å². The van der Waals surface area contributed by atoms with E-state index in [1.165, 1.54) is 0 Å². The lowest BCUT2D eigenvalue weighted by molar-refractivity contribution is -0.139. The molecule has 1 rings (SSSR count). The first-order valence-corrected chi connectivity index (χ1v) is 7.18. The van der Waals surface area contributed by atoms with Crippen LogP contribution in [-0.2, 0) is 9.59 Å². The average molecular weight is 270 g/mol. The van der Waals surface area contributed by atoms with E-state index in [1.54, 1.807) is 4.90 Å². The molecule has 1 aliphatic heterocycles. The monoisotopic (exact) mass is 270 g/mol. The number of amides is 2. The van der Waals surface area contributed by atoms with Crippen molar-refractivity contribution in [3.05, 3.63) is 0 Å². The summed E-state index contributed by atoms with van der Waals surface area (Å²) in [5.41, 5.74) is 0. The van der Waals surface area contributed by atoms with E-state index >= 15 is 0 Å². The van der Waals surface area contributed by atoms with Gasteiger partial charge >= 0.3 is 0 Å². The summed E-state index contributed by atoms with van der Waals surface area (Å²) in [6, 6.07) is -0.342. The molecule has 2 unspecified atom stereocenters. The second kappa shape index (κ2) is 7.48. The van der Waals surface area contributed by atoms with Crippen LogP contribution in [0.5, 0.6) is 0 Å². The number of carbonyl (C=O) groups is 2. The second-order valence-electron chi connectivity index (χ2n) is 5.66. The van der Waals surface area contributed by atoms with E-state index < -0.39 is 0 Å². The van der Waals surface area contributed by atoms with Gasteiger partial charge in [0.2, 0.25) is 11.8 Å². The molecule has 19 heavy (non-hydrogen) atoms. The molecule has 0 aromatic rings. The SMILES string of the molecule is CC(CCCO)NC(=O)C(C(C)C)N1CCCC1=O. The lowest BCUT2D eigenvalue weighted by atomic mass is 10.0. The first-order chi connectivity index (χ1) is 8.97. The normalized spacial score (nSPS) is 18.8. The van der Waals surface area contributed by atoms with Gasteiger partial charge in [-0.05, 0) is 32.1 Å². The van der Waals surface area contributed by atoms with E-state index in [0.717, 1.165) is 12.8 Å². The third-order valence-corrected chi connectivity index (χ3v) is 3.53. The molecule has 0 bridgehead atoms. The number of nitrogens with zero attached hydrogens (tertiary/aromatic N) is 1. The van der Waals surface area contributed by atoms with Crippen LogP contribution in [0.3, 0.4) is 0 Å². The standard InChI is InChI=1S/C14H26N2O3/c1-10(2)13(16-8-4-7-12(16)18)14(19)15-11(3)6-5-9-17/h10-11,13,17H,4-9H2,1-3H3,(H,15,19). The molecule has 0 saturated carbocycles. The highest BCUT2D eigenvalue weighted by atomic mass is 16.3. The Balaban J connectivity index is 2.60. The van der Waals surface area contributed by atoms with Crippen molar-refractivity contribution >= 4 is 11.8 Å². The van der Waals surface area contributed by atoms with Gasteiger partial charge in [-0.3, -0.25) is 9.59 Å². The fourth-order valence-electron chi connectivity index (χ4n) is 2.57. The number of carbonyl (C=O) groups excluding carboxylic acids is 2. The summed E-state index contributed by atoms with van der Waals surface area (Å²) < 4.78 is 0. The van der Waals surface area contributed by atoms with Crippen LogP contribution in [0.25, 0.3) is 0 Å². The van der Waals surface area contributed by atoms with Crippen LogP contribution in [0, 0.1) is 5.92 Å². The topological polar surface area (TPSA) is 69.6 Å². The highest BCUT2D eigenvalue weighted by molar-refractivity contribution is 5.88. The molecule has 5 heteroatoms. The largest absolute Gasteiger partial charge is 0.396 e. The van der Waals surface area contributed by atoms with Crippen molar-refractivity contribution in [3.8, 4) is 0 Å². The molecular formula is C14H26N2O3. The fraction of sp³-hybridized carbons (Fsp3) is 0.857. The molecule has 2 amide bonds. The molecule has 2 N–H and O–H groups in total. The predicted molar refractivity (Wildman–Crippen MR) is 73.5 cm³/mol. The number of hydrogen-bond donors (Lipinski definition) is 2. The van der Waals surface area contributed by atoms with Crippen molar-refractivity contribution in [3.63, 3.8) is 0 Å². The first-order valence-electron chi connectivity index (χ1n) is 7.18. The predicted octanol–water partition coefficient (Wildman–Crippen LogP) is 0.911. The number of aliphatic hydroxyl groups excluding tert-OH is 1. The van der Waals surface area contributed by atoms with Crippen molar-refractivity contribution in [1.29, 1.82) is 0 Å². The van der Waals surface area contributed by atoms with Crippen LogP contribution in [0.4, 0.5) is 0 Å². The van der Waals surface area contributed by atoms with Gasteiger partial charge in [0.15, 0.2) is 0 Å². The molecule has 0 spiro atoms. The zero-order valence-electron chi connectivity index (χ0n) is 12.2. The van der Waals surface area contributed by atoms with Crippen LogP contribution >= 0.6 is 0 Å². The zero-order chi connectivity index (χ0) is 14.4. The molecule has 5 nitrogen and oxygen atoms in total. The van der Waals surface area contributed by atoms with Crippen molar-refractivity contribution in [2.24, 2.45) is 5.92 Å². The minimum Gasteiger partial charge on any atom is -0.396 e. The molecule has 1 aliphatic rings. The highest BCUT2D eigenvalue weighted by Crippen LogP contribution is 2.19. The molecular weight excluding hydrogens is 244 g/mol. The Morgan fingerprint density at radius 2 is 2.11 bits per heavy atom. The number of rotatable bonds is 7. The number of likely N-dealkylation sites (tertiary alicyclic amines) is 1. The van der Waals surface area contributed by atoms with E-state index in [0.29, 0.717) is 19.4 Å². The lowest BCUT2D eigenvalue weighted by Crippen LogP contribution is -2.52. The van der Waals surface area contributed by atoms with Gasteiger partial charge in [-0.25, -0.2) is 0 Å². The van der Waals surface area contributed by atoms with Crippen LogP contribution < -0.4 is 5.32 Å². The molecule has 1 saturated heterocycles. The molecule has 0 radical (unpaired) electrons. The molecule has 2 atom stereocenters. The minimum atomic E-state index is -0.369. The Bertz CT molecular complexity index is 318. The van der Waals surface area contributed by atoms with E-state index in [2.05, 4.69) is 5.32 Å². The van der Waals surface area contributed by atoms with E-state index in [1.807, 2.05) is 20.8 Å². The van der Waals surface area contributed by atoms with Gasteiger partial charge in [-0.2, -0.15) is 0 Å². The van der Waals surface area contributed by atoms with Crippen molar-refractivity contribution in [2.45, 2.75) is 58.5 Å². The summed E-state index contributed by atoms with van der Waals surface area (Å²) in [7, 11) is 0. The minimum absolute atomic E-state index is 0.0265. The first kappa shape index (κ1) is 16.0. The van der Waals surface area contributed by atoms with Crippen molar-refractivity contribution in [2.75, 3.05) is 13.2 Å². The van der Waals surface area contributed by atoms with Gasteiger partial charge in [0, 0.05) is 25.6 Å². The van der Waals surface area contributed by atoms with Gasteiger partial charge in [-0.1, -0.05) is 13.8 Å². The summed E-state index contributed by atoms with van der Waals surface area (Å²) >= 11 is 0. The van der Waals surface area contributed by atoms with E-state index in [9.17, 15) is 9.59 Å². The van der Waals surface area contributed by atoms with Crippen molar-refractivity contribution in [1.82, 2.24) is 10.2 Å². The summed E-state index contributed by atoms with van der Waals surface area (Å²) in [4.78, 5) is 25.8. The maximum atomic E-state index is 12.3. The van der Waals surface area contributed by atoms with Gasteiger partial charge in [0.25, 0.3) is 0 Å². The Morgan fingerprint density at radius 1 is 1.42 bits per heavy atom. The third-order valence-electron chi connectivity index (χ3n) is 3.53. The maximum absolute atomic E-state index is 12.3. The van der Waals surface area contributed by atoms with Crippen LogP contribution in [-0.4, -0.2) is 47.1 Å².